The van der Waals surface area contributed by atoms with Crippen molar-refractivity contribution in [2.75, 3.05) is 0 Å². The lowest BCUT2D eigenvalue weighted by molar-refractivity contribution is 0.716. The van der Waals surface area contributed by atoms with Gasteiger partial charge in [-0.25, -0.2) is 0 Å². The maximum Gasteiger partial charge on any atom is 0.0702 e. The van der Waals surface area contributed by atoms with Gasteiger partial charge in [-0.3, -0.25) is 4.98 Å². The van der Waals surface area contributed by atoms with Crippen LogP contribution in [0, 0.1) is 0 Å². The van der Waals surface area contributed by atoms with E-state index in [1.54, 1.807) is 0 Å². The molecule has 0 fully saturated rings. The summed E-state index contributed by atoms with van der Waals surface area (Å²) in [7, 11) is 0. The lowest BCUT2D eigenvalue weighted by Gasteiger charge is -2.05. The summed E-state index contributed by atoms with van der Waals surface area (Å²) in [5.74, 6) is 0. The fraction of sp³-hybridized carbons (Fsp3) is 0.381. The molecule has 0 amide bonds. The highest BCUT2D eigenvalue weighted by molar-refractivity contribution is 5.59. The molecule has 0 radical (unpaired) electrons. The fourth-order valence-electron chi connectivity index (χ4n) is 2.61. The van der Waals surface area contributed by atoms with E-state index in [0.717, 1.165) is 25.0 Å². The van der Waals surface area contributed by atoms with Crippen molar-refractivity contribution in [2.45, 2.75) is 51.9 Å². The molecule has 0 bridgehead atoms. The topological polar surface area (TPSA) is 12.9 Å². The van der Waals surface area contributed by atoms with E-state index < -0.39 is 0 Å². The first-order valence-electron chi connectivity index (χ1n) is 8.48. The summed E-state index contributed by atoms with van der Waals surface area (Å²) in [6.07, 6.45) is 12.4. The summed E-state index contributed by atoms with van der Waals surface area (Å²) in [5.41, 5.74) is 5.00. The van der Waals surface area contributed by atoms with E-state index in [9.17, 15) is 0 Å². The number of rotatable bonds is 9. The van der Waals surface area contributed by atoms with Crippen molar-refractivity contribution in [3.63, 3.8) is 0 Å². The number of aryl methyl sites for hydroxylation is 2. The van der Waals surface area contributed by atoms with Gasteiger partial charge in [0.2, 0.25) is 0 Å². The first kappa shape index (κ1) is 16.5. The number of nitrogens with zero attached hydrogens (tertiary/aromatic N) is 1. The molecule has 0 atom stereocenters. The standard InChI is InChI=1S/C21H27N/c1-3-5-7-9-18-11-14-20(15-12-18)21-16-13-19(17-22-21)10-8-6-4-2/h3,11-17H,1,4-10H2,2H3. The Morgan fingerprint density at radius 1 is 0.909 bits per heavy atom. The molecule has 1 aromatic carbocycles. The first-order chi connectivity index (χ1) is 10.8. The monoisotopic (exact) mass is 293 g/mol. The van der Waals surface area contributed by atoms with Crippen LogP contribution >= 0.6 is 0 Å². The van der Waals surface area contributed by atoms with Crippen molar-refractivity contribution in [2.24, 2.45) is 0 Å². The molecular weight excluding hydrogens is 266 g/mol. The Morgan fingerprint density at radius 2 is 1.64 bits per heavy atom. The maximum absolute atomic E-state index is 4.62. The van der Waals surface area contributed by atoms with E-state index in [0.29, 0.717) is 0 Å². The van der Waals surface area contributed by atoms with Crippen molar-refractivity contribution in [1.29, 1.82) is 0 Å². The molecule has 0 N–H and O–H groups in total. The molecule has 1 heteroatoms. The van der Waals surface area contributed by atoms with E-state index in [1.165, 1.54) is 42.4 Å². The molecule has 2 aromatic rings. The molecular formula is C21H27N. The molecule has 2 rings (SSSR count). The second kappa shape index (κ2) is 9.19. The van der Waals surface area contributed by atoms with Gasteiger partial charge in [-0.15, -0.1) is 6.58 Å². The van der Waals surface area contributed by atoms with Gasteiger partial charge in [-0.05, 0) is 49.3 Å². The van der Waals surface area contributed by atoms with Crippen LogP contribution in [-0.2, 0) is 12.8 Å². The highest BCUT2D eigenvalue weighted by atomic mass is 14.7. The number of hydrogen-bond donors (Lipinski definition) is 0. The Bertz CT molecular complexity index is 551. The number of hydrogen-bond acceptors (Lipinski definition) is 1. The Hall–Kier alpha value is -1.89. The van der Waals surface area contributed by atoms with E-state index in [1.807, 2.05) is 12.3 Å². The molecule has 0 saturated heterocycles. The normalized spacial score (nSPS) is 10.6. The third-order valence-electron chi connectivity index (χ3n) is 4.02. The second-order valence-electron chi connectivity index (χ2n) is 5.89. The lowest BCUT2D eigenvalue weighted by atomic mass is 10.0. The zero-order valence-electron chi connectivity index (χ0n) is 13.7. The van der Waals surface area contributed by atoms with Crippen LogP contribution in [0.25, 0.3) is 11.3 Å². The summed E-state index contributed by atoms with van der Waals surface area (Å²) in [5, 5.41) is 0. The summed E-state index contributed by atoms with van der Waals surface area (Å²) in [4.78, 5) is 4.62. The van der Waals surface area contributed by atoms with E-state index in [2.05, 4.69) is 54.9 Å². The summed E-state index contributed by atoms with van der Waals surface area (Å²) in [6.45, 7) is 6.01. The van der Waals surface area contributed by atoms with Crippen molar-refractivity contribution < 1.29 is 0 Å². The van der Waals surface area contributed by atoms with Gasteiger partial charge in [0.1, 0.15) is 0 Å². The van der Waals surface area contributed by atoms with Crippen LogP contribution in [0.3, 0.4) is 0 Å². The van der Waals surface area contributed by atoms with E-state index in [4.69, 9.17) is 0 Å². The van der Waals surface area contributed by atoms with Gasteiger partial charge in [0.15, 0.2) is 0 Å². The van der Waals surface area contributed by atoms with Crippen LogP contribution in [0.4, 0.5) is 0 Å². The molecule has 1 aromatic heterocycles. The predicted octanol–water partition coefficient (Wildman–Crippen LogP) is 5.99. The Labute approximate surface area is 135 Å². The van der Waals surface area contributed by atoms with Gasteiger partial charge >= 0.3 is 0 Å². The number of aromatic nitrogens is 1. The van der Waals surface area contributed by atoms with Gasteiger partial charge in [-0.1, -0.05) is 56.2 Å². The van der Waals surface area contributed by atoms with Gasteiger partial charge in [0, 0.05) is 11.8 Å². The van der Waals surface area contributed by atoms with Crippen LogP contribution < -0.4 is 0 Å². The third-order valence-corrected chi connectivity index (χ3v) is 4.02. The average Bonchev–Trinajstić information content (AvgIpc) is 2.57. The van der Waals surface area contributed by atoms with Crippen molar-refractivity contribution in [1.82, 2.24) is 4.98 Å². The van der Waals surface area contributed by atoms with Crippen LogP contribution in [0.5, 0.6) is 0 Å². The Morgan fingerprint density at radius 3 is 2.27 bits per heavy atom. The molecule has 0 unspecified atom stereocenters. The van der Waals surface area contributed by atoms with Crippen molar-refractivity contribution in [3.8, 4) is 11.3 Å². The zero-order chi connectivity index (χ0) is 15.6. The number of allylic oxidation sites excluding steroid dienone is 1. The van der Waals surface area contributed by atoms with Gasteiger partial charge in [0.25, 0.3) is 0 Å². The lowest BCUT2D eigenvalue weighted by Crippen LogP contribution is -1.90. The van der Waals surface area contributed by atoms with Crippen molar-refractivity contribution >= 4 is 0 Å². The minimum atomic E-state index is 1.07. The molecule has 1 heterocycles. The van der Waals surface area contributed by atoms with Crippen LogP contribution in [0.2, 0.25) is 0 Å². The molecule has 0 aliphatic heterocycles. The smallest absolute Gasteiger partial charge is 0.0702 e. The number of benzene rings is 1. The zero-order valence-corrected chi connectivity index (χ0v) is 13.7. The highest BCUT2D eigenvalue weighted by Crippen LogP contribution is 2.19. The molecule has 0 spiro atoms. The van der Waals surface area contributed by atoms with Gasteiger partial charge in [0.05, 0.1) is 5.69 Å². The first-order valence-corrected chi connectivity index (χ1v) is 8.48. The quantitative estimate of drug-likeness (QED) is 0.409. The Kier molecular flexibility index (Phi) is 6.89. The minimum Gasteiger partial charge on any atom is -0.256 e. The molecule has 22 heavy (non-hydrogen) atoms. The third kappa shape index (κ3) is 5.14. The highest BCUT2D eigenvalue weighted by Gasteiger charge is 2.01. The van der Waals surface area contributed by atoms with Gasteiger partial charge < -0.3 is 0 Å². The summed E-state index contributed by atoms with van der Waals surface area (Å²) >= 11 is 0. The van der Waals surface area contributed by atoms with Crippen LogP contribution in [0.1, 0.15) is 50.2 Å². The summed E-state index contributed by atoms with van der Waals surface area (Å²) in [6, 6.07) is 13.2. The molecule has 0 saturated carbocycles. The predicted molar refractivity (Wildman–Crippen MR) is 96.0 cm³/mol. The maximum atomic E-state index is 4.62. The number of pyridine rings is 1. The number of unbranched alkanes of at least 4 members (excludes halogenated alkanes) is 3. The average molecular weight is 293 g/mol. The van der Waals surface area contributed by atoms with Crippen LogP contribution in [-0.4, -0.2) is 4.98 Å². The molecule has 0 aliphatic rings. The molecule has 1 nitrogen and oxygen atoms in total. The SMILES string of the molecule is C=CCCCc1ccc(-c2ccc(CCCCC)cn2)cc1. The van der Waals surface area contributed by atoms with E-state index >= 15 is 0 Å². The minimum absolute atomic E-state index is 1.07. The van der Waals surface area contributed by atoms with Crippen LogP contribution in [0.15, 0.2) is 55.3 Å². The van der Waals surface area contributed by atoms with Crippen molar-refractivity contribution in [3.05, 3.63) is 66.4 Å². The summed E-state index contributed by atoms with van der Waals surface area (Å²) < 4.78 is 0. The largest absolute Gasteiger partial charge is 0.256 e. The Balaban J connectivity index is 1.94. The molecule has 116 valence electrons. The molecule has 0 aliphatic carbocycles. The van der Waals surface area contributed by atoms with Gasteiger partial charge in [-0.2, -0.15) is 0 Å². The second-order valence-corrected chi connectivity index (χ2v) is 5.89. The van der Waals surface area contributed by atoms with E-state index in [-0.39, 0.29) is 0 Å². The fourth-order valence-corrected chi connectivity index (χ4v) is 2.61.